The van der Waals surface area contributed by atoms with Crippen LogP contribution in [0.25, 0.3) is 21.3 Å². The van der Waals surface area contributed by atoms with E-state index in [9.17, 15) is 0 Å². The first-order chi connectivity index (χ1) is 10.2. The van der Waals surface area contributed by atoms with Crippen LogP contribution in [-0.2, 0) is 6.42 Å². The van der Waals surface area contributed by atoms with Gasteiger partial charge >= 0.3 is 0 Å². The van der Waals surface area contributed by atoms with Crippen LogP contribution in [0.15, 0.2) is 36.0 Å². The highest BCUT2D eigenvalue weighted by Crippen LogP contribution is 2.35. The predicted octanol–water partition coefficient (Wildman–Crippen LogP) is 4.74. The molecule has 21 heavy (non-hydrogen) atoms. The van der Waals surface area contributed by atoms with Crippen LogP contribution in [0.4, 0.5) is 5.82 Å². The summed E-state index contributed by atoms with van der Waals surface area (Å²) >= 11 is 1.70. The van der Waals surface area contributed by atoms with Crippen LogP contribution in [-0.4, -0.2) is 16.0 Å². The van der Waals surface area contributed by atoms with Gasteiger partial charge in [-0.1, -0.05) is 31.2 Å². The van der Waals surface area contributed by atoms with Gasteiger partial charge in [-0.15, -0.1) is 11.3 Å². The van der Waals surface area contributed by atoms with E-state index in [0.29, 0.717) is 6.04 Å². The van der Waals surface area contributed by atoms with E-state index < -0.39 is 0 Å². The van der Waals surface area contributed by atoms with Gasteiger partial charge in [0.15, 0.2) is 0 Å². The maximum Gasteiger partial charge on any atom is 0.147 e. The summed E-state index contributed by atoms with van der Waals surface area (Å²) in [5.74, 6) is 0.927. The average molecular weight is 297 g/mol. The third-order valence-electron chi connectivity index (χ3n) is 3.45. The molecule has 0 aliphatic carbocycles. The zero-order chi connectivity index (χ0) is 14.8. The highest BCUT2D eigenvalue weighted by atomic mass is 32.1. The fraction of sp³-hybridized carbons (Fsp3) is 0.294. The van der Waals surface area contributed by atoms with Crippen molar-refractivity contribution in [3.05, 3.63) is 41.5 Å². The molecule has 4 heteroatoms. The molecule has 0 bridgehead atoms. The molecular weight excluding hydrogens is 278 g/mol. The smallest absolute Gasteiger partial charge is 0.147 e. The lowest BCUT2D eigenvalue weighted by atomic mass is 10.0. The predicted molar refractivity (Wildman–Crippen MR) is 91.0 cm³/mol. The van der Waals surface area contributed by atoms with Crippen molar-refractivity contribution in [1.82, 2.24) is 9.97 Å². The van der Waals surface area contributed by atoms with Gasteiger partial charge in [-0.3, -0.25) is 0 Å². The topological polar surface area (TPSA) is 37.8 Å². The Kier molecular flexibility index (Phi) is 3.88. The molecule has 0 saturated carbocycles. The number of hydrogen-bond donors (Lipinski definition) is 1. The molecular formula is C17H19N3S. The van der Waals surface area contributed by atoms with Gasteiger partial charge in [-0.2, -0.15) is 0 Å². The van der Waals surface area contributed by atoms with E-state index in [1.54, 1.807) is 17.7 Å². The highest BCUT2D eigenvalue weighted by Gasteiger charge is 2.12. The van der Waals surface area contributed by atoms with Gasteiger partial charge in [0, 0.05) is 17.0 Å². The summed E-state index contributed by atoms with van der Waals surface area (Å²) < 4.78 is 1.13. The largest absolute Gasteiger partial charge is 0.367 e. The maximum absolute atomic E-state index is 4.49. The third kappa shape index (κ3) is 2.76. The molecule has 3 rings (SSSR count). The SMILES string of the molecule is CCc1ccc(-c2csc3c(NC(C)C)ncnc23)cc1. The molecule has 0 unspecified atom stereocenters. The molecule has 2 heterocycles. The fourth-order valence-corrected chi connectivity index (χ4v) is 3.33. The van der Waals surface area contributed by atoms with Gasteiger partial charge in [0.1, 0.15) is 12.1 Å². The number of benzene rings is 1. The lowest BCUT2D eigenvalue weighted by Crippen LogP contribution is -2.11. The zero-order valence-corrected chi connectivity index (χ0v) is 13.4. The molecule has 0 atom stereocenters. The van der Waals surface area contributed by atoms with Crippen molar-refractivity contribution >= 4 is 27.4 Å². The molecule has 0 aliphatic heterocycles. The van der Waals surface area contributed by atoms with Crippen LogP contribution >= 0.6 is 11.3 Å². The van der Waals surface area contributed by atoms with E-state index in [2.05, 4.69) is 65.7 Å². The molecule has 2 aromatic heterocycles. The molecule has 1 N–H and O–H groups in total. The van der Waals surface area contributed by atoms with Crippen molar-refractivity contribution in [2.24, 2.45) is 0 Å². The summed E-state index contributed by atoms with van der Waals surface area (Å²) in [6.07, 6.45) is 2.71. The minimum atomic E-state index is 0.359. The van der Waals surface area contributed by atoms with Crippen LogP contribution in [0.5, 0.6) is 0 Å². The summed E-state index contributed by atoms with van der Waals surface area (Å²) in [6, 6.07) is 9.09. The van der Waals surface area contributed by atoms with Crippen molar-refractivity contribution in [2.75, 3.05) is 5.32 Å². The molecule has 0 radical (unpaired) electrons. The first-order valence-corrected chi connectivity index (χ1v) is 8.15. The van der Waals surface area contributed by atoms with Crippen LogP contribution in [0, 0.1) is 0 Å². The molecule has 0 amide bonds. The van der Waals surface area contributed by atoms with Gasteiger partial charge in [0.05, 0.1) is 10.2 Å². The van der Waals surface area contributed by atoms with E-state index in [1.165, 1.54) is 16.7 Å². The number of fused-ring (bicyclic) bond motifs is 1. The molecule has 0 spiro atoms. The number of nitrogens with zero attached hydrogens (tertiary/aromatic N) is 2. The molecule has 3 nitrogen and oxygen atoms in total. The Balaban J connectivity index is 2.07. The first kappa shape index (κ1) is 14.0. The third-order valence-corrected chi connectivity index (χ3v) is 4.43. The highest BCUT2D eigenvalue weighted by molar-refractivity contribution is 7.18. The number of aromatic nitrogens is 2. The Bertz CT molecular complexity index is 744. The summed E-state index contributed by atoms with van der Waals surface area (Å²) in [6.45, 7) is 6.41. The van der Waals surface area contributed by atoms with Crippen molar-refractivity contribution in [2.45, 2.75) is 33.2 Å². The Morgan fingerprint density at radius 1 is 1.14 bits per heavy atom. The standard InChI is InChI=1S/C17H19N3S/c1-4-12-5-7-13(8-6-12)14-9-21-16-15(14)18-10-19-17(16)20-11(2)3/h5-11H,4H2,1-3H3,(H,18,19,20). The van der Waals surface area contributed by atoms with Gasteiger partial charge in [0.2, 0.25) is 0 Å². The second-order valence-electron chi connectivity index (χ2n) is 5.40. The normalized spacial score (nSPS) is 11.2. The summed E-state index contributed by atoms with van der Waals surface area (Å²) in [5.41, 5.74) is 4.79. The monoisotopic (exact) mass is 297 g/mol. The molecule has 0 aliphatic rings. The van der Waals surface area contributed by atoms with E-state index in [0.717, 1.165) is 22.5 Å². The van der Waals surface area contributed by atoms with Gasteiger partial charge in [-0.05, 0) is 31.4 Å². The maximum atomic E-state index is 4.49. The second-order valence-corrected chi connectivity index (χ2v) is 6.28. The number of hydrogen-bond acceptors (Lipinski definition) is 4. The van der Waals surface area contributed by atoms with Gasteiger partial charge in [-0.25, -0.2) is 9.97 Å². The number of rotatable bonds is 4. The summed E-state index contributed by atoms with van der Waals surface area (Å²) in [5, 5.41) is 5.56. The number of anilines is 1. The first-order valence-electron chi connectivity index (χ1n) is 7.27. The van der Waals surface area contributed by atoms with E-state index in [4.69, 9.17) is 0 Å². The summed E-state index contributed by atoms with van der Waals surface area (Å²) in [4.78, 5) is 8.86. The molecule has 108 valence electrons. The second kappa shape index (κ2) is 5.82. The Hall–Kier alpha value is -1.94. The van der Waals surface area contributed by atoms with Crippen molar-refractivity contribution in [1.29, 1.82) is 0 Å². The number of nitrogens with one attached hydrogen (secondary N) is 1. The van der Waals surface area contributed by atoms with E-state index in [1.807, 2.05) is 0 Å². The minimum Gasteiger partial charge on any atom is -0.367 e. The summed E-state index contributed by atoms with van der Waals surface area (Å²) in [7, 11) is 0. The number of aryl methyl sites for hydroxylation is 1. The molecule has 3 aromatic rings. The fourth-order valence-electron chi connectivity index (χ4n) is 2.35. The van der Waals surface area contributed by atoms with Crippen molar-refractivity contribution in [3.63, 3.8) is 0 Å². The van der Waals surface area contributed by atoms with Crippen LogP contribution in [0.1, 0.15) is 26.3 Å². The van der Waals surface area contributed by atoms with Crippen molar-refractivity contribution in [3.8, 4) is 11.1 Å². The van der Waals surface area contributed by atoms with Crippen LogP contribution < -0.4 is 5.32 Å². The average Bonchev–Trinajstić information content (AvgIpc) is 2.92. The molecule has 0 fully saturated rings. The minimum absolute atomic E-state index is 0.359. The van der Waals surface area contributed by atoms with Gasteiger partial charge in [0.25, 0.3) is 0 Å². The van der Waals surface area contributed by atoms with Crippen molar-refractivity contribution < 1.29 is 0 Å². The zero-order valence-electron chi connectivity index (χ0n) is 12.6. The van der Waals surface area contributed by atoms with E-state index >= 15 is 0 Å². The Labute approximate surface area is 129 Å². The Morgan fingerprint density at radius 2 is 1.90 bits per heavy atom. The number of thiophene rings is 1. The van der Waals surface area contributed by atoms with Crippen LogP contribution in [0.3, 0.4) is 0 Å². The Morgan fingerprint density at radius 3 is 2.57 bits per heavy atom. The molecule has 1 aromatic carbocycles. The lowest BCUT2D eigenvalue weighted by Gasteiger charge is -2.09. The molecule has 0 saturated heterocycles. The van der Waals surface area contributed by atoms with E-state index in [-0.39, 0.29) is 0 Å². The van der Waals surface area contributed by atoms with Gasteiger partial charge < -0.3 is 5.32 Å². The lowest BCUT2D eigenvalue weighted by molar-refractivity contribution is 0.891. The van der Waals surface area contributed by atoms with Crippen LogP contribution in [0.2, 0.25) is 0 Å². The quantitative estimate of drug-likeness (QED) is 0.755.